The van der Waals surface area contributed by atoms with Gasteiger partial charge in [0.05, 0.1) is 27.6 Å². The molecule has 4 N–H and O–H groups in total. The van der Waals surface area contributed by atoms with E-state index in [1.54, 1.807) is 43.5 Å². The third kappa shape index (κ3) is 7.20. The topological polar surface area (TPSA) is 145 Å². The Bertz CT molecular complexity index is 1410. The van der Waals surface area contributed by atoms with Gasteiger partial charge in [0.15, 0.2) is 0 Å². The Morgan fingerprint density at radius 3 is 2.58 bits per heavy atom. The summed E-state index contributed by atoms with van der Waals surface area (Å²) in [6, 6.07) is 7.08. The largest absolute Gasteiger partial charge is 0.480 e. The minimum absolute atomic E-state index is 0.0462. The fourth-order valence-corrected chi connectivity index (χ4v) is 4.56. The number of aliphatic imine (C=N–C) groups is 1. The van der Waals surface area contributed by atoms with E-state index in [0.29, 0.717) is 28.7 Å². The van der Waals surface area contributed by atoms with Crippen LogP contribution >= 0.6 is 23.2 Å². The van der Waals surface area contributed by atoms with Crippen molar-refractivity contribution < 1.29 is 23.9 Å². The van der Waals surface area contributed by atoms with Crippen molar-refractivity contribution in [3.05, 3.63) is 68.9 Å². The molecule has 0 fully saturated rings. The van der Waals surface area contributed by atoms with E-state index < -0.39 is 17.9 Å². The Kier molecular flexibility index (Phi) is 9.66. The van der Waals surface area contributed by atoms with Gasteiger partial charge in [0.2, 0.25) is 0 Å². The number of fused-ring (bicyclic) bond motifs is 1. The molecule has 2 amide bonds. The number of aliphatic carboxylic acids is 1. The number of carboxylic acids is 1. The van der Waals surface area contributed by atoms with Crippen molar-refractivity contribution in [3.8, 4) is 0 Å². The Hall–Kier alpha value is -3.69. The number of amides is 2. The van der Waals surface area contributed by atoms with E-state index in [-0.39, 0.29) is 46.2 Å². The molecule has 1 aromatic heterocycles. The molecule has 1 atom stereocenters. The van der Waals surface area contributed by atoms with Crippen LogP contribution < -0.4 is 10.6 Å². The lowest BCUT2D eigenvalue weighted by atomic mass is 10.0. The van der Waals surface area contributed by atoms with Crippen molar-refractivity contribution in [3.63, 3.8) is 0 Å². The SMILES string of the molecule is Cc1cc(Cl)c(C(=O)N[C@@H](CC(=N)/C=N/C(C)C)C(=O)O)c(Cl)c1CCNC(=O)c1ccc2ccoc2c1. The van der Waals surface area contributed by atoms with Gasteiger partial charge in [-0.1, -0.05) is 29.3 Å². The number of benzene rings is 2. The van der Waals surface area contributed by atoms with Gasteiger partial charge in [-0.25, -0.2) is 4.79 Å². The standard InChI is InChI=1S/C27H28Cl2N4O5/c1-14(2)32-13-18(30)12-21(27(36)37)33-26(35)23-20(28)10-15(3)19(24(23)29)6-8-31-25(34)17-5-4-16-7-9-38-22(16)11-17/h4-5,7,9-11,13-14,21,30H,6,8,12H2,1-3H3,(H,31,34)(H,33,35)(H,36,37)/b30-18?,32-13+/t21-/m0/s1. The summed E-state index contributed by atoms with van der Waals surface area (Å²) in [7, 11) is 0. The highest BCUT2D eigenvalue weighted by atomic mass is 35.5. The van der Waals surface area contributed by atoms with Gasteiger partial charge < -0.3 is 25.6 Å². The lowest BCUT2D eigenvalue weighted by Gasteiger charge is -2.18. The van der Waals surface area contributed by atoms with Crippen molar-refractivity contribution in [1.82, 2.24) is 10.6 Å². The molecule has 0 aliphatic rings. The molecule has 0 aliphatic heterocycles. The summed E-state index contributed by atoms with van der Waals surface area (Å²) in [4.78, 5) is 41.4. The quantitative estimate of drug-likeness (QED) is 0.242. The molecule has 11 heteroatoms. The number of aryl methyl sites for hydroxylation is 1. The lowest BCUT2D eigenvalue weighted by Crippen LogP contribution is -2.42. The van der Waals surface area contributed by atoms with Gasteiger partial charge in [0, 0.05) is 36.2 Å². The number of carbonyl (C=O) groups is 3. The molecule has 0 saturated heterocycles. The fraction of sp³-hybridized carbons (Fsp3) is 0.296. The second-order valence-corrected chi connectivity index (χ2v) is 9.77. The highest BCUT2D eigenvalue weighted by Gasteiger charge is 2.26. The Morgan fingerprint density at radius 1 is 1.16 bits per heavy atom. The first-order valence-corrected chi connectivity index (χ1v) is 12.6. The zero-order valence-corrected chi connectivity index (χ0v) is 22.6. The van der Waals surface area contributed by atoms with E-state index in [4.69, 9.17) is 33.0 Å². The molecule has 0 saturated carbocycles. The molecule has 2 aromatic carbocycles. The normalized spacial score (nSPS) is 12.2. The van der Waals surface area contributed by atoms with E-state index in [0.717, 1.165) is 5.39 Å². The maximum absolute atomic E-state index is 13.0. The molecular formula is C27H28Cl2N4O5. The van der Waals surface area contributed by atoms with Crippen LogP contribution in [0.25, 0.3) is 11.0 Å². The summed E-state index contributed by atoms with van der Waals surface area (Å²) in [5.74, 6) is -2.38. The number of carboxylic acid groups (broad SMARTS) is 1. The molecule has 1 heterocycles. The summed E-state index contributed by atoms with van der Waals surface area (Å²) in [5.41, 5.74) is 2.23. The van der Waals surface area contributed by atoms with Gasteiger partial charge in [-0.15, -0.1) is 0 Å². The molecule has 200 valence electrons. The number of hydrogen-bond acceptors (Lipinski definition) is 6. The Balaban J connectivity index is 1.71. The van der Waals surface area contributed by atoms with Gasteiger partial charge in [0.1, 0.15) is 11.6 Å². The van der Waals surface area contributed by atoms with E-state index >= 15 is 0 Å². The van der Waals surface area contributed by atoms with Crippen molar-refractivity contribution in [1.29, 1.82) is 5.41 Å². The Labute approximate surface area is 229 Å². The molecule has 3 aromatic rings. The summed E-state index contributed by atoms with van der Waals surface area (Å²) < 4.78 is 5.34. The minimum atomic E-state index is -1.38. The highest BCUT2D eigenvalue weighted by Crippen LogP contribution is 2.31. The van der Waals surface area contributed by atoms with E-state index in [9.17, 15) is 19.5 Å². The third-order valence-corrected chi connectivity index (χ3v) is 6.42. The van der Waals surface area contributed by atoms with Crippen molar-refractivity contribution in [2.75, 3.05) is 6.54 Å². The molecule has 0 radical (unpaired) electrons. The molecule has 38 heavy (non-hydrogen) atoms. The molecule has 0 bridgehead atoms. The van der Waals surface area contributed by atoms with E-state index in [1.807, 2.05) is 13.8 Å². The van der Waals surface area contributed by atoms with Gasteiger partial charge in [0.25, 0.3) is 11.8 Å². The van der Waals surface area contributed by atoms with E-state index in [2.05, 4.69) is 15.6 Å². The molecule has 3 rings (SSSR count). The van der Waals surface area contributed by atoms with Crippen LogP contribution in [-0.2, 0) is 11.2 Å². The molecule has 9 nitrogen and oxygen atoms in total. The average Bonchev–Trinajstić information content (AvgIpc) is 3.32. The van der Waals surface area contributed by atoms with Crippen LogP contribution in [-0.4, -0.2) is 53.4 Å². The molecule has 0 unspecified atom stereocenters. The van der Waals surface area contributed by atoms with Crippen LogP contribution in [0.4, 0.5) is 0 Å². The number of halogens is 2. The molecule has 0 spiro atoms. The first-order chi connectivity index (χ1) is 18.0. The van der Waals surface area contributed by atoms with Gasteiger partial charge in [-0.2, -0.15) is 0 Å². The van der Waals surface area contributed by atoms with Gasteiger partial charge in [-0.05, 0) is 62.6 Å². The fourth-order valence-electron chi connectivity index (χ4n) is 3.73. The van der Waals surface area contributed by atoms with Crippen molar-refractivity contribution in [2.45, 2.75) is 45.7 Å². The number of nitrogens with one attached hydrogen (secondary N) is 3. The summed E-state index contributed by atoms with van der Waals surface area (Å²) in [5, 5.41) is 23.8. The second kappa shape index (κ2) is 12.7. The highest BCUT2D eigenvalue weighted by molar-refractivity contribution is 6.40. The van der Waals surface area contributed by atoms with Crippen LogP contribution in [0.3, 0.4) is 0 Å². The minimum Gasteiger partial charge on any atom is -0.480 e. The molecular weight excluding hydrogens is 531 g/mol. The van der Waals surface area contributed by atoms with Crippen molar-refractivity contribution >= 4 is 63.9 Å². The van der Waals surface area contributed by atoms with Gasteiger partial charge >= 0.3 is 5.97 Å². The third-order valence-electron chi connectivity index (χ3n) is 5.70. The number of furan rings is 1. The van der Waals surface area contributed by atoms with Gasteiger partial charge in [-0.3, -0.25) is 14.6 Å². The monoisotopic (exact) mass is 558 g/mol. The average molecular weight is 559 g/mol. The van der Waals surface area contributed by atoms with Crippen molar-refractivity contribution in [2.24, 2.45) is 4.99 Å². The zero-order chi connectivity index (χ0) is 28.0. The van der Waals surface area contributed by atoms with Crippen LogP contribution in [0.5, 0.6) is 0 Å². The molecule has 0 aliphatic carbocycles. The van der Waals surface area contributed by atoms with Crippen LogP contribution in [0.2, 0.25) is 10.0 Å². The summed E-state index contributed by atoms with van der Waals surface area (Å²) in [6.07, 6.45) is 2.86. The number of nitrogens with zero attached hydrogens (tertiary/aromatic N) is 1. The number of rotatable bonds is 11. The zero-order valence-electron chi connectivity index (χ0n) is 21.1. The maximum Gasteiger partial charge on any atom is 0.326 e. The maximum atomic E-state index is 13.0. The first-order valence-electron chi connectivity index (χ1n) is 11.8. The summed E-state index contributed by atoms with van der Waals surface area (Å²) >= 11 is 12.9. The number of carbonyl (C=O) groups excluding carboxylic acids is 2. The predicted octanol–water partition coefficient (Wildman–Crippen LogP) is 5.09. The van der Waals surface area contributed by atoms with E-state index in [1.165, 1.54) is 6.21 Å². The second-order valence-electron chi connectivity index (χ2n) is 8.99. The smallest absolute Gasteiger partial charge is 0.326 e. The lowest BCUT2D eigenvalue weighted by molar-refractivity contribution is -0.139. The van der Waals surface area contributed by atoms with Crippen LogP contribution in [0.1, 0.15) is 52.1 Å². The first kappa shape index (κ1) is 28.9. The van der Waals surface area contributed by atoms with Crippen LogP contribution in [0.15, 0.2) is 46.0 Å². The Morgan fingerprint density at radius 2 is 1.89 bits per heavy atom. The number of hydrogen-bond donors (Lipinski definition) is 4. The summed E-state index contributed by atoms with van der Waals surface area (Å²) in [6.45, 7) is 5.65. The van der Waals surface area contributed by atoms with Crippen LogP contribution in [0, 0.1) is 12.3 Å². The predicted molar refractivity (Wildman–Crippen MR) is 148 cm³/mol.